The smallest absolute Gasteiger partial charge is 0.433 e. The van der Waals surface area contributed by atoms with Crippen molar-refractivity contribution in [2.75, 3.05) is 26.2 Å². The average Bonchev–Trinajstić information content (AvgIpc) is 3.24. The molecule has 2 radical (unpaired) electrons. The van der Waals surface area contributed by atoms with E-state index in [1.807, 2.05) is 6.07 Å². The van der Waals surface area contributed by atoms with Gasteiger partial charge < -0.3 is 18.6 Å². The molecule has 7 nitrogen and oxygen atoms in total. The van der Waals surface area contributed by atoms with Gasteiger partial charge in [-0.1, -0.05) is 13.8 Å². The lowest BCUT2D eigenvalue weighted by Crippen LogP contribution is -2.58. The highest BCUT2D eigenvalue weighted by Gasteiger charge is 2.81. The molecule has 4 saturated carbocycles. The summed E-state index contributed by atoms with van der Waals surface area (Å²) in [5, 5.41) is 0. The molecule has 1 aromatic heterocycles. The van der Waals surface area contributed by atoms with E-state index in [9.17, 15) is 9.59 Å². The zero-order valence-electron chi connectivity index (χ0n) is 22.8. The van der Waals surface area contributed by atoms with E-state index >= 15 is 0 Å². The van der Waals surface area contributed by atoms with Gasteiger partial charge in [0, 0.05) is 30.4 Å². The largest absolute Gasteiger partial charge is 0.508 e. The first kappa shape index (κ1) is 25.1. The van der Waals surface area contributed by atoms with Crippen molar-refractivity contribution < 1.29 is 23.4 Å². The highest BCUT2D eigenvalue weighted by atomic mass is 16.7. The number of epoxide rings is 1. The Balaban J connectivity index is 1.00. The fraction of sp³-hybridized carbons (Fsp3) is 0.774. The Kier molecular flexibility index (Phi) is 6.01. The van der Waals surface area contributed by atoms with Gasteiger partial charge in [-0.25, -0.2) is 9.59 Å². The monoisotopic (exact) mass is 523 g/mol. The van der Waals surface area contributed by atoms with E-state index in [1.54, 1.807) is 6.26 Å². The summed E-state index contributed by atoms with van der Waals surface area (Å²) in [5.74, 6) is 1.83. The molecule has 4 aliphatic carbocycles. The van der Waals surface area contributed by atoms with Gasteiger partial charge in [0.15, 0.2) is 0 Å². The molecule has 0 aromatic carbocycles. The minimum absolute atomic E-state index is 0.0267. The Bertz CT molecular complexity index is 1110. The third-order valence-corrected chi connectivity index (χ3v) is 11.8. The van der Waals surface area contributed by atoms with Crippen LogP contribution in [-0.2, 0) is 14.2 Å². The zero-order chi connectivity index (χ0) is 26.1. The fourth-order valence-electron chi connectivity index (χ4n) is 9.75. The summed E-state index contributed by atoms with van der Waals surface area (Å²) in [6, 6.07) is 3.44. The van der Waals surface area contributed by atoms with Crippen LogP contribution in [0.25, 0.3) is 0 Å². The first-order valence-corrected chi connectivity index (χ1v) is 14.9. The molecule has 9 atom stereocenters. The zero-order valence-corrected chi connectivity index (χ0v) is 22.8. The Morgan fingerprint density at radius 2 is 1.95 bits per heavy atom. The van der Waals surface area contributed by atoms with Crippen LogP contribution in [0.15, 0.2) is 27.6 Å². The van der Waals surface area contributed by atoms with Gasteiger partial charge in [0.25, 0.3) is 0 Å². The van der Waals surface area contributed by atoms with E-state index in [2.05, 4.69) is 25.2 Å². The van der Waals surface area contributed by atoms with Crippen molar-refractivity contribution in [3.05, 3.63) is 40.8 Å². The second kappa shape index (κ2) is 9.09. The Morgan fingerprint density at radius 3 is 2.74 bits per heavy atom. The van der Waals surface area contributed by atoms with Gasteiger partial charge in [0.1, 0.15) is 18.3 Å². The predicted molar refractivity (Wildman–Crippen MR) is 139 cm³/mol. The quantitative estimate of drug-likeness (QED) is 0.387. The van der Waals surface area contributed by atoms with Gasteiger partial charge in [0.2, 0.25) is 0 Å². The van der Waals surface area contributed by atoms with E-state index in [1.165, 1.54) is 25.3 Å². The lowest BCUT2D eigenvalue weighted by atomic mass is 9.44. The summed E-state index contributed by atoms with van der Waals surface area (Å²) in [6.07, 6.45) is 14.9. The Hall–Kier alpha value is -1.86. The molecule has 0 N–H and O–H groups in total. The number of likely N-dealkylation sites (tertiary alicyclic amines) is 1. The second-order valence-corrected chi connectivity index (χ2v) is 13.4. The molecule has 0 bridgehead atoms. The van der Waals surface area contributed by atoms with Crippen molar-refractivity contribution >= 4 is 6.16 Å². The van der Waals surface area contributed by atoms with Crippen LogP contribution in [0.3, 0.4) is 0 Å². The lowest BCUT2D eigenvalue weighted by Gasteiger charge is -2.61. The molecule has 1 spiro atoms. The molecule has 6 aliphatic rings. The van der Waals surface area contributed by atoms with Crippen LogP contribution in [0, 0.1) is 35.0 Å². The van der Waals surface area contributed by atoms with Gasteiger partial charge in [-0.3, -0.25) is 4.90 Å². The van der Waals surface area contributed by atoms with Crippen molar-refractivity contribution in [2.24, 2.45) is 28.6 Å². The van der Waals surface area contributed by atoms with Gasteiger partial charge >= 0.3 is 11.8 Å². The number of rotatable bonds is 5. The lowest BCUT2D eigenvalue weighted by molar-refractivity contribution is -0.140. The molecule has 6 fully saturated rings. The fourth-order valence-corrected chi connectivity index (χ4v) is 9.75. The van der Waals surface area contributed by atoms with Crippen molar-refractivity contribution in [3.63, 3.8) is 0 Å². The molecule has 0 amide bonds. The molecule has 38 heavy (non-hydrogen) atoms. The summed E-state index contributed by atoms with van der Waals surface area (Å²) in [4.78, 5) is 26.3. The van der Waals surface area contributed by atoms with Crippen LogP contribution < -0.4 is 5.63 Å². The minimum atomic E-state index is -0.493. The molecule has 2 aliphatic heterocycles. The van der Waals surface area contributed by atoms with Gasteiger partial charge in [-0.2, -0.15) is 0 Å². The first-order valence-electron chi connectivity index (χ1n) is 14.9. The topological polar surface area (TPSA) is 81.5 Å². The normalized spacial score (nSPS) is 45.4. The summed E-state index contributed by atoms with van der Waals surface area (Å²) in [6.45, 7) is 8.33. The first-order chi connectivity index (χ1) is 18.3. The van der Waals surface area contributed by atoms with E-state index in [0.717, 1.165) is 63.7 Å². The third kappa shape index (κ3) is 3.74. The molecule has 1 aromatic rings. The number of hydrogen-bond acceptors (Lipinski definition) is 7. The molecule has 0 unspecified atom stereocenters. The molecule has 206 valence electrons. The summed E-state index contributed by atoms with van der Waals surface area (Å²) >= 11 is 0. The molecule has 7 heteroatoms. The molecular weight excluding hydrogens is 482 g/mol. The maximum Gasteiger partial charge on any atom is 0.508 e. The second-order valence-electron chi connectivity index (χ2n) is 13.4. The maximum atomic E-state index is 12.4. The highest BCUT2D eigenvalue weighted by molar-refractivity contribution is 5.60. The standard InChI is InChI=1S/C31H41NO6/c1-29-11-9-22(37-28(34)35-16-15-32-13-3-4-14-32)17-21(29)6-7-24-23(29)10-12-30(2)25(18-26-31(24,30)38-26)20-5-8-27(33)36-19-20/h5,8,19,21-26H,3-4,6-7,9-17H2,1-2H3/t21-,22+,23+,24-,25-,26-,29+,30-,31-/m1/s1. The number of carbonyl (C=O) groups excluding carboxylic acids is 1. The Labute approximate surface area is 225 Å². The number of nitrogens with zero attached hydrogens (tertiary/aromatic N) is 1. The minimum Gasteiger partial charge on any atom is -0.433 e. The molecular formula is C31H41NO6. The number of ether oxygens (including phenoxy) is 3. The summed E-state index contributed by atoms with van der Waals surface area (Å²) < 4.78 is 23.1. The summed E-state index contributed by atoms with van der Waals surface area (Å²) in [7, 11) is 0. The van der Waals surface area contributed by atoms with Crippen LogP contribution in [0.4, 0.5) is 4.79 Å². The van der Waals surface area contributed by atoms with Crippen LogP contribution in [0.5, 0.6) is 0 Å². The Morgan fingerprint density at radius 1 is 1.11 bits per heavy atom. The van der Waals surface area contributed by atoms with Crippen molar-refractivity contribution in [1.29, 1.82) is 0 Å². The van der Waals surface area contributed by atoms with Crippen molar-refractivity contribution in [1.82, 2.24) is 4.90 Å². The average molecular weight is 524 g/mol. The van der Waals surface area contributed by atoms with Crippen LogP contribution in [-0.4, -0.2) is 55.1 Å². The predicted octanol–water partition coefficient (Wildman–Crippen LogP) is 5.21. The number of carbonyl (C=O) groups is 1. The van der Waals surface area contributed by atoms with Crippen LogP contribution >= 0.6 is 0 Å². The van der Waals surface area contributed by atoms with Crippen LogP contribution in [0.2, 0.25) is 0 Å². The van der Waals surface area contributed by atoms with Gasteiger partial charge in [-0.05, 0) is 106 Å². The van der Waals surface area contributed by atoms with E-state index in [4.69, 9.17) is 18.6 Å². The number of hydrogen-bond donors (Lipinski definition) is 0. The van der Waals surface area contributed by atoms with Crippen LogP contribution in [0.1, 0.15) is 83.1 Å². The maximum absolute atomic E-state index is 12.4. The summed E-state index contributed by atoms with van der Waals surface area (Å²) in [5.41, 5.74) is 0.814. The van der Waals surface area contributed by atoms with E-state index in [0.29, 0.717) is 24.4 Å². The molecule has 2 saturated heterocycles. The third-order valence-electron chi connectivity index (χ3n) is 11.8. The SMILES string of the molecule is C[C@]12CC[C@H](OC(=O)OCCN3CCCC3)C[C@H]1CC[C@@H]1[C@@H]2CC[C@]2(C)[C@@H](c3ccc(=O)oc3)[C][C@H]3O[C@]132. The molecule has 7 rings (SSSR count). The van der Waals surface area contributed by atoms with Gasteiger partial charge in [-0.15, -0.1) is 0 Å². The van der Waals surface area contributed by atoms with Gasteiger partial charge in [0.05, 0.1) is 12.4 Å². The van der Waals surface area contributed by atoms with Crippen molar-refractivity contribution in [2.45, 2.75) is 95.4 Å². The van der Waals surface area contributed by atoms with E-state index < -0.39 is 6.16 Å². The van der Waals surface area contributed by atoms with Crippen molar-refractivity contribution in [3.8, 4) is 0 Å². The molecule has 3 heterocycles. The number of fused-ring (bicyclic) bond motifs is 3. The van der Waals surface area contributed by atoms with E-state index in [-0.39, 0.29) is 40.2 Å². The highest BCUT2D eigenvalue weighted by Crippen LogP contribution is 2.77.